The number of carbonyl (C=O) groups excluding carboxylic acids is 4. The summed E-state index contributed by atoms with van der Waals surface area (Å²) in [5.74, 6) is -2.31. The van der Waals surface area contributed by atoms with Crippen molar-refractivity contribution in [2.75, 3.05) is 6.61 Å². The first kappa shape index (κ1) is 27.8. The Balaban J connectivity index is 2.37. The number of benzene rings is 1. The lowest BCUT2D eigenvalue weighted by Gasteiger charge is -2.43. The van der Waals surface area contributed by atoms with Crippen molar-refractivity contribution in [1.29, 1.82) is 0 Å². The van der Waals surface area contributed by atoms with E-state index < -0.39 is 54.6 Å². The van der Waals surface area contributed by atoms with Gasteiger partial charge >= 0.3 is 23.9 Å². The van der Waals surface area contributed by atoms with Gasteiger partial charge < -0.3 is 28.4 Å². The monoisotopic (exact) mass is 492 g/mol. The molecule has 10 heteroatoms. The minimum atomic E-state index is -1.28. The molecule has 0 aromatic heterocycles. The van der Waals surface area contributed by atoms with Crippen molar-refractivity contribution in [3.63, 3.8) is 0 Å². The van der Waals surface area contributed by atoms with Crippen LogP contribution in [-0.2, 0) is 42.9 Å². The SMILES string of the molecule is CCC/C=C/c1ccc(O[C@@H]2O[C@H](COC(C)=O)[C@@H](OC(C)=O)[C@H](OC(C)=O)[C@H]2OC(C)=O)cc1. The van der Waals surface area contributed by atoms with Gasteiger partial charge in [0.25, 0.3) is 0 Å². The first-order chi connectivity index (χ1) is 16.6. The zero-order valence-electron chi connectivity index (χ0n) is 20.6. The number of hydrogen-bond acceptors (Lipinski definition) is 10. The molecular formula is C25H32O10. The molecule has 1 saturated heterocycles. The molecule has 0 radical (unpaired) electrons. The predicted octanol–water partition coefficient (Wildman–Crippen LogP) is 2.96. The average Bonchev–Trinajstić information content (AvgIpc) is 2.77. The number of esters is 4. The van der Waals surface area contributed by atoms with E-state index in [4.69, 9.17) is 28.4 Å². The van der Waals surface area contributed by atoms with Crippen LogP contribution in [0.1, 0.15) is 53.0 Å². The van der Waals surface area contributed by atoms with Crippen LogP contribution in [0.5, 0.6) is 5.75 Å². The Kier molecular flexibility index (Phi) is 10.7. The van der Waals surface area contributed by atoms with E-state index in [1.165, 1.54) is 13.8 Å². The van der Waals surface area contributed by atoms with Crippen molar-refractivity contribution in [2.24, 2.45) is 0 Å². The largest absolute Gasteiger partial charge is 0.463 e. The molecule has 0 spiro atoms. The van der Waals surface area contributed by atoms with Crippen molar-refractivity contribution < 1.29 is 47.6 Å². The summed E-state index contributed by atoms with van der Waals surface area (Å²) in [5, 5.41) is 0. The Morgan fingerprint density at radius 2 is 1.40 bits per heavy atom. The molecule has 10 nitrogen and oxygen atoms in total. The van der Waals surface area contributed by atoms with Crippen molar-refractivity contribution in [1.82, 2.24) is 0 Å². The summed E-state index contributed by atoms with van der Waals surface area (Å²) in [6, 6.07) is 7.10. The van der Waals surface area contributed by atoms with Gasteiger partial charge in [-0.3, -0.25) is 19.2 Å². The Morgan fingerprint density at radius 1 is 0.829 bits per heavy atom. The molecule has 0 saturated carbocycles. The maximum atomic E-state index is 11.9. The van der Waals surface area contributed by atoms with Gasteiger partial charge in [-0.25, -0.2) is 0 Å². The van der Waals surface area contributed by atoms with Crippen LogP contribution in [0.3, 0.4) is 0 Å². The second kappa shape index (κ2) is 13.5. The Labute approximate surface area is 204 Å². The van der Waals surface area contributed by atoms with Crippen LogP contribution < -0.4 is 4.74 Å². The maximum absolute atomic E-state index is 11.9. The Morgan fingerprint density at radius 3 is 1.94 bits per heavy atom. The molecule has 1 aromatic carbocycles. The van der Waals surface area contributed by atoms with Crippen LogP contribution >= 0.6 is 0 Å². The number of rotatable bonds is 10. The highest BCUT2D eigenvalue weighted by atomic mass is 16.7. The molecule has 0 amide bonds. The summed E-state index contributed by atoms with van der Waals surface area (Å²) in [6.45, 7) is 6.47. The number of carbonyl (C=O) groups is 4. The van der Waals surface area contributed by atoms with Gasteiger partial charge in [-0.1, -0.05) is 37.6 Å². The number of unbranched alkanes of at least 4 members (excludes halogenated alkanes) is 1. The van der Waals surface area contributed by atoms with Crippen LogP contribution in [0.2, 0.25) is 0 Å². The fraction of sp³-hybridized carbons (Fsp3) is 0.520. The molecule has 0 bridgehead atoms. The zero-order valence-corrected chi connectivity index (χ0v) is 20.6. The van der Waals surface area contributed by atoms with Crippen molar-refractivity contribution in [3.8, 4) is 5.75 Å². The summed E-state index contributed by atoms with van der Waals surface area (Å²) < 4.78 is 33.1. The first-order valence-electron chi connectivity index (χ1n) is 11.3. The van der Waals surface area contributed by atoms with E-state index in [2.05, 4.69) is 13.0 Å². The molecule has 35 heavy (non-hydrogen) atoms. The quantitative estimate of drug-likeness (QED) is 0.356. The third-order valence-corrected chi connectivity index (χ3v) is 4.85. The van der Waals surface area contributed by atoms with E-state index in [1.54, 1.807) is 12.1 Å². The van der Waals surface area contributed by atoms with E-state index >= 15 is 0 Å². The van der Waals surface area contributed by atoms with Crippen molar-refractivity contribution in [2.45, 2.75) is 78.2 Å². The lowest BCUT2D eigenvalue weighted by atomic mass is 9.98. The summed E-state index contributed by atoms with van der Waals surface area (Å²) in [4.78, 5) is 46.9. The second-order valence-electron chi connectivity index (χ2n) is 7.95. The normalized spacial score (nSPS) is 23.9. The minimum Gasteiger partial charge on any atom is -0.463 e. The van der Waals surface area contributed by atoms with Crippen molar-refractivity contribution in [3.05, 3.63) is 35.9 Å². The molecule has 0 N–H and O–H groups in total. The molecule has 2 rings (SSSR count). The number of hydrogen-bond donors (Lipinski definition) is 0. The van der Waals surface area contributed by atoms with E-state index in [9.17, 15) is 19.2 Å². The molecule has 0 unspecified atom stereocenters. The third kappa shape index (κ3) is 9.05. The lowest BCUT2D eigenvalue weighted by Crippen LogP contribution is -2.63. The lowest BCUT2D eigenvalue weighted by molar-refractivity contribution is -0.288. The highest BCUT2D eigenvalue weighted by Gasteiger charge is 2.53. The molecule has 1 fully saturated rings. The molecule has 1 heterocycles. The van der Waals surface area contributed by atoms with Gasteiger partial charge in [-0.15, -0.1) is 0 Å². The van der Waals surface area contributed by atoms with Gasteiger partial charge in [0.2, 0.25) is 12.4 Å². The zero-order chi connectivity index (χ0) is 26.0. The molecule has 1 aromatic rings. The number of ether oxygens (including phenoxy) is 6. The van der Waals surface area contributed by atoms with Gasteiger partial charge in [-0.2, -0.15) is 0 Å². The first-order valence-corrected chi connectivity index (χ1v) is 11.3. The summed E-state index contributed by atoms with van der Waals surface area (Å²) in [5.41, 5.74) is 0.965. The molecule has 1 aliphatic heterocycles. The van der Waals surface area contributed by atoms with Gasteiger partial charge in [-0.05, 0) is 24.1 Å². The van der Waals surface area contributed by atoms with Gasteiger partial charge in [0.1, 0.15) is 18.5 Å². The van der Waals surface area contributed by atoms with E-state index in [0.29, 0.717) is 5.75 Å². The van der Waals surface area contributed by atoms with E-state index in [-0.39, 0.29) is 6.61 Å². The standard InChI is InChI=1S/C25H32O10/c1-6-7-8-9-19-10-12-20(13-11-19)34-25-24(33-18(5)29)23(32-17(4)28)22(31-16(3)27)21(35-25)14-30-15(2)26/h8-13,21-25H,6-7,14H2,1-5H3/b9-8+/t21-,22-,23+,24-,25-/m1/s1. The van der Waals surface area contributed by atoms with Gasteiger partial charge in [0.05, 0.1) is 0 Å². The second-order valence-corrected chi connectivity index (χ2v) is 7.95. The highest BCUT2D eigenvalue weighted by Crippen LogP contribution is 2.31. The van der Waals surface area contributed by atoms with Crippen LogP contribution in [0.15, 0.2) is 30.3 Å². The van der Waals surface area contributed by atoms with Crippen LogP contribution in [0, 0.1) is 0 Å². The Hall–Kier alpha value is -3.40. The number of allylic oxidation sites excluding steroid dienone is 1. The molecule has 1 aliphatic rings. The predicted molar refractivity (Wildman–Crippen MR) is 123 cm³/mol. The highest BCUT2D eigenvalue weighted by molar-refractivity contribution is 5.68. The molecule has 0 aliphatic carbocycles. The average molecular weight is 493 g/mol. The topological polar surface area (TPSA) is 124 Å². The van der Waals surface area contributed by atoms with Crippen LogP contribution in [0.4, 0.5) is 0 Å². The van der Waals surface area contributed by atoms with Crippen LogP contribution in [0.25, 0.3) is 6.08 Å². The smallest absolute Gasteiger partial charge is 0.303 e. The molecule has 192 valence electrons. The summed E-state index contributed by atoms with van der Waals surface area (Å²) >= 11 is 0. The van der Waals surface area contributed by atoms with E-state index in [0.717, 1.165) is 32.3 Å². The van der Waals surface area contributed by atoms with E-state index in [1.807, 2.05) is 18.2 Å². The fourth-order valence-electron chi connectivity index (χ4n) is 3.46. The summed E-state index contributed by atoms with van der Waals surface area (Å²) in [6.07, 6.45) is -0.0711. The maximum Gasteiger partial charge on any atom is 0.303 e. The van der Waals surface area contributed by atoms with Crippen LogP contribution in [-0.4, -0.2) is 61.2 Å². The minimum absolute atomic E-state index is 0.321. The third-order valence-electron chi connectivity index (χ3n) is 4.85. The van der Waals surface area contributed by atoms with Crippen molar-refractivity contribution >= 4 is 30.0 Å². The molecule has 5 atom stereocenters. The Bertz CT molecular complexity index is 907. The van der Waals surface area contributed by atoms with Gasteiger partial charge in [0, 0.05) is 27.7 Å². The fourth-order valence-corrected chi connectivity index (χ4v) is 3.46. The summed E-state index contributed by atoms with van der Waals surface area (Å²) in [7, 11) is 0. The molecular weight excluding hydrogens is 460 g/mol. The van der Waals surface area contributed by atoms with Gasteiger partial charge in [0.15, 0.2) is 12.2 Å².